The molecule has 0 spiro atoms. The Morgan fingerprint density at radius 3 is 2.08 bits per heavy atom. The standard InChI is InChI=1S/C20H20N6/c21-15-3-1-2-13-11(15)6-7-18(20(13)25)26-10-4-5-12-14(8-10)19(24)17(23)9-16(12)22/h1-9,26H,21-25H2. The third kappa shape index (κ3) is 2.36. The maximum absolute atomic E-state index is 6.34. The van der Waals surface area contributed by atoms with Crippen LogP contribution in [0.15, 0.2) is 54.6 Å². The predicted octanol–water partition coefficient (Wildman–Crippen LogP) is 3.65. The van der Waals surface area contributed by atoms with Crippen LogP contribution in [0.5, 0.6) is 0 Å². The monoisotopic (exact) mass is 344 g/mol. The van der Waals surface area contributed by atoms with Crippen LogP contribution in [-0.4, -0.2) is 0 Å². The van der Waals surface area contributed by atoms with Crippen LogP contribution in [0.25, 0.3) is 21.5 Å². The lowest BCUT2D eigenvalue weighted by atomic mass is 10.0. The Morgan fingerprint density at radius 1 is 0.538 bits per heavy atom. The van der Waals surface area contributed by atoms with E-state index >= 15 is 0 Å². The summed E-state index contributed by atoms with van der Waals surface area (Å²) < 4.78 is 0. The van der Waals surface area contributed by atoms with Crippen molar-refractivity contribution in [1.29, 1.82) is 0 Å². The van der Waals surface area contributed by atoms with Crippen molar-refractivity contribution in [1.82, 2.24) is 0 Å². The Morgan fingerprint density at radius 2 is 1.27 bits per heavy atom. The summed E-state index contributed by atoms with van der Waals surface area (Å²) in [4.78, 5) is 0. The van der Waals surface area contributed by atoms with Gasteiger partial charge in [0.05, 0.1) is 22.7 Å². The molecule has 0 radical (unpaired) electrons. The molecule has 4 rings (SSSR count). The molecule has 0 amide bonds. The quantitative estimate of drug-likeness (QED) is 0.306. The second-order valence-electron chi connectivity index (χ2n) is 6.32. The molecule has 0 atom stereocenters. The molecule has 130 valence electrons. The van der Waals surface area contributed by atoms with Crippen LogP contribution in [0, 0.1) is 0 Å². The van der Waals surface area contributed by atoms with E-state index in [1.54, 1.807) is 6.07 Å². The van der Waals surface area contributed by atoms with E-state index in [2.05, 4.69) is 5.32 Å². The van der Waals surface area contributed by atoms with Crippen molar-refractivity contribution < 1.29 is 0 Å². The molecule has 0 aromatic heterocycles. The highest BCUT2D eigenvalue weighted by atomic mass is 14.9. The van der Waals surface area contributed by atoms with E-state index in [0.29, 0.717) is 28.4 Å². The lowest BCUT2D eigenvalue weighted by Gasteiger charge is -2.15. The second kappa shape index (κ2) is 5.63. The number of hydrogen-bond donors (Lipinski definition) is 6. The van der Waals surface area contributed by atoms with Gasteiger partial charge in [0.1, 0.15) is 0 Å². The summed E-state index contributed by atoms with van der Waals surface area (Å²) in [6.45, 7) is 0. The van der Waals surface area contributed by atoms with Gasteiger partial charge in [-0.05, 0) is 30.3 Å². The fourth-order valence-corrected chi connectivity index (χ4v) is 3.25. The minimum atomic E-state index is 0.466. The highest BCUT2D eigenvalue weighted by molar-refractivity contribution is 6.08. The molecule has 0 aliphatic rings. The Kier molecular flexibility index (Phi) is 3.40. The molecule has 0 aliphatic heterocycles. The van der Waals surface area contributed by atoms with Crippen LogP contribution in [0.4, 0.5) is 39.8 Å². The van der Waals surface area contributed by atoms with Gasteiger partial charge in [0.25, 0.3) is 0 Å². The Bertz CT molecular complexity index is 1170. The number of benzene rings is 4. The van der Waals surface area contributed by atoms with E-state index in [1.165, 1.54) is 0 Å². The van der Waals surface area contributed by atoms with E-state index in [0.717, 1.165) is 32.9 Å². The Labute approximate surface area is 150 Å². The van der Waals surface area contributed by atoms with E-state index in [1.807, 2.05) is 48.5 Å². The van der Waals surface area contributed by atoms with Gasteiger partial charge in [0.2, 0.25) is 0 Å². The molecular formula is C20H20N6. The number of hydrogen-bond acceptors (Lipinski definition) is 6. The van der Waals surface area contributed by atoms with Crippen LogP contribution in [0.2, 0.25) is 0 Å². The molecule has 11 N–H and O–H groups in total. The van der Waals surface area contributed by atoms with Crippen LogP contribution in [-0.2, 0) is 0 Å². The van der Waals surface area contributed by atoms with Gasteiger partial charge in [-0.1, -0.05) is 24.3 Å². The first-order valence-corrected chi connectivity index (χ1v) is 8.16. The highest BCUT2D eigenvalue weighted by Crippen LogP contribution is 2.36. The van der Waals surface area contributed by atoms with Gasteiger partial charge in [-0.25, -0.2) is 0 Å². The van der Waals surface area contributed by atoms with Crippen molar-refractivity contribution in [3.8, 4) is 0 Å². The van der Waals surface area contributed by atoms with E-state index in [4.69, 9.17) is 28.7 Å². The van der Waals surface area contributed by atoms with Gasteiger partial charge in [-0.3, -0.25) is 0 Å². The highest BCUT2D eigenvalue weighted by Gasteiger charge is 2.10. The van der Waals surface area contributed by atoms with Crippen molar-refractivity contribution in [2.45, 2.75) is 0 Å². The largest absolute Gasteiger partial charge is 0.398 e. The zero-order chi connectivity index (χ0) is 18.4. The first-order chi connectivity index (χ1) is 12.5. The Hall–Kier alpha value is -3.80. The normalized spacial score (nSPS) is 11.1. The summed E-state index contributed by atoms with van der Waals surface area (Å²) in [5, 5.41) is 6.84. The van der Waals surface area contributed by atoms with Gasteiger partial charge in [-0.15, -0.1) is 0 Å². The van der Waals surface area contributed by atoms with Gasteiger partial charge >= 0.3 is 0 Å². The van der Waals surface area contributed by atoms with Crippen molar-refractivity contribution >= 4 is 61.4 Å². The molecule has 0 aliphatic carbocycles. The summed E-state index contributed by atoms with van der Waals surface area (Å²) in [7, 11) is 0. The zero-order valence-corrected chi connectivity index (χ0v) is 14.1. The van der Waals surface area contributed by atoms with Crippen LogP contribution >= 0.6 is 0 Å². The number of rotatable bonds is 2. The molecule has 0 heterocycles. The average molecular weight is 344 g/mol. The fourth-order valence-electron chi connectivity index (χ4n) is 3.25. The first-order valence-electron chi connectivity index (χ1n) is 8.16. The lowest BCUT2D eigenvalue weighted by molar-refractivity contribution is 1.58. The number of fused-ring (bicyclic) bond motifs is 2. The van der Waals surface area contributed by atoms with Gasteiger partial charge in [0.15, 0.2) is 0 Å². The number of nitrogens with one attached hydrogen (secondary N) is 1. The summed E-state index contributed by atoms with van der Waals surface area (Å²) in [5.74, 6) is 0. The fraction of sp³-hybridized carbons (Fsp3) is 0. The molecule has 6 nitrogen and oxygen atoms in total. The molecule has 4 aromatic carbocycles. The molecule has 0 fully saturated rings. The van der Waals surface area contributed by atoms with Gasteiger partial charge in [-0.2, -0.15) is 0 Å². The third-order valence-electron chi connectivity index (χ3n) is 4.66. The maximum atomic E-state index is 6.34. The van der Waals surface area contributed by atoms with Gasteiger partial charge < -0.3 is 34.0 Å². The van der Waals surface area contributed by atoms with Crippen LogP contribution in [0.1, 0.15) is 0 Å². The molecule has 0 bridgehead atoms. The third-order valence-corrected chi connectivity index (χ3v) is 4.66. The summed E-state index contributed by atoms with van der Waals surface area (Å²) in [5.41, 5.74) is 35.0. The topological polar surface area (TPSA) is 142 Å². The van der Waals surface area contributed by atoms with Gasteiger partial charge in [0, 0.05) is 38.6 Å². The first kappa shape index (κ1) is 15.7. The SMILES string of the molecule is Nc1cc(N)c2ccc(Nc3ccc4c(N)cccc4c3N)cc2c1N. The van der Waals surface area contributed by atoms with Crippen molar-refractivity contribution in [2.75, 3.05) is 34.0 Å². The van der Waals surface area contributed by atoms with E-state index in [9.17, 15) is 0 Å². The summed E-state index contributed by atoms with van der Waals surface area (Å²) in [6, 6.07) is 17.0. The van der Waals surface area contributed by atoms with E-state index in [-0.39, 0.29) is 0 Å². The molecule has 0 saturated carbocycles. The molecule has 4 aromatic rings. The zero-order valence-electron chi connectivity index (χ0n) is 14.1. The average Bonchev–Trinajstić information content (AvgIpc) is 2.62. The Balaban J connectivity index is 1.82. The number of nitrogens with two attached hydrogens (primary N) is 5. The number of nitrogen functional groups attached to an aromatic ring is 5. The maximum Gasteiger partial charge on any atom is 0.0633 e. The lowest BCUT2D eigenvalue weighted by Crippen LogP contribution is -2.01. The minimum absolute atomic E-state index is 0.466. The minimum Gasteiger partial charge on any atom is -0.398 e. The predicted molar refractivity (Wildman–Crippen MR) is 113 cm³/mol. The summed E-state index contributed by atoms with van der Waals surface area (Å²) in [6.07, 6.45) is 0. The van der Waals surface area contributed by atoms with Crippen molar-refractivity contribution in [3.63, 3.8) is 0 Å². The number of anilines is 7. The van der Waals surface area contributed by atoms with Crippen molar-refractivity contribution in [3.05, 3.63) is 54.6 Å². The van der Waals surface area contributed by atoms with Crippen LogP contribution in [0.3, 0.4) is 0 Å². The molecule has 6 heteroatoms. The molecular weight excluding hydrogens is 324 g/mol. The molecule has 0 unspecified atom stereocenters. The molecule has 26 heavy (non-hydrogen) atoms. The smallest absolute Gasteiger partial charge is 0.0633 e. The molecule has 0 saturated heterocycles. The summed E-state index contributed by atoms with van der Waals surface area (Å²) >= 11 is 0. The van der Waals surface area contributed by atoms with E-state index < -0.39 is 0 Å². The van der Waals surface area contributed by atoms with Crippen LogP contribution < -0.4 is 34.0 Å². The van der Waals surface area contributed by atoms with Crippen molar-refractivity contribution in [2.24, 2.45) is 0 Å². The second-order valence-corrected chi connectivity index (χ2v) is 6.32.